The minimum Gasteiger partial charge on any atom is -0.487 e. The predicted octanol–water partition coefficient (Wildman–Crippen LogP) is 5.64. The van der Waals surface area contributed by atoms with Crippen LogP contribution in [0, 0.1) is 6.92 Å². The molecule has 0 radical (unpaired) electrons. The topological polar surface area (TPSA) is 55.5 Å². The van der Waals surface area contributed by atoms with Crippen LogP contribution in [0.4, 0.5) is 13.2 Å². The molecule has 0 spiro atoms. The Bertz CT molecular complexity index is 1000. The highest BCUT2D eigenvalue weighted by Gasteiger charge is 2.30. The van der Waals surface area contributed by atoms with Crippen LogP contribution in [0.5, 0.6) is 5.75 Å². The van der Waals surface area contributed by atoms with E-state index in [1.807, 2.05) is 31.2 Å². The molecule has 1 heterocycles. The number of nitrogens with zero attached hydrogens (tertiary/aromatic N) is 1. The summed E-state index contributed by atoms with van der Waals surface area (Å²) < 4.78 is 49.5. The minimum absolute atomic E-state index is 0.0399. The summed E-state index contributed by atoms with van der Waals surface area (Å²) in [5, 5.41) is 9.02. The number of rotatable bonds is 6. The van der Waals surface area contributed by atoms with E-state index < -0.39 is 11.7 Å². The third-order valence-electron chi connectivity index (χ3n) is 4.41. The van der Waals surface area contributed by atoms with Crippen LogP contribution in [-0.4, -0.2) is 16.7 Å². The summed E-state index contributed by atoms with van der Waals surface area (Å²) in [4.78, 5) is 4.36. The summed E-state index contributed by atoms with van der Waals surface area (Å²) in [6.07, 6.45) is -2.68. The van der Waals surface area contributed by atoms with Crippen LogP contribution in [0.25, 0.3) is 17.0 Å². The van der Waals surface area contributed by atoms with Gasteiger partial charge in [-0.05, 0) is 61.4 Å². The summed E-state index contributed by atoms with van der Waals surface area (Å²) in [6, 6.07) is 12.1. The predicted molar refractivity (Wildman–Crippen MR) is 103 cm³/mol. The molecular formula is C22H20F3NO3. The molecule has 0 aliphatic rings. The highest BCUT2D eigenvalue weighted by molar-refractivity contribution is 5.64. The van der Waals surface area contributed by atoms with Crippen molar-refractivity contribution in [2.45, 2.75) is 26.6 Å². The van der Waals surface area contributed by atoms with Gasteiger partial charge in [-0.2, -0.15) is 13.2 Å². The Morgan fingerprint density at radius 1 is 1.17 bits per heavy atom. The second-order valence-corrected chi connectivity index (χ2v) is 6.48. The van der Waals surface area contributed by atoms with Crippen molar-refractivity contribution in [1.82, 2.24) is 4.98 Å². The lowest BCUT2D eigenvalue weighted by Crippen LogP contribution is -2.04. The Labute approximate surface area is 166 Å². The van der Waals surface area contributed by atoms with Crippen molar-refractivity contribution in [3.05, 3.63) is 77.2 Å². The molecule has 0 saturated carbocycles. The summed E-state index contributed by atoms with van der Waals surface area (Å²) in [6.45, 7) is 3.74. The van der Waals surface area contributed by atoms with E-state index in [2.05, 4.69) is 4.98 Å². The van der Waals surface area contributed by atoms with Crippen molar-refractivity contribution in [3.8, 4) is 17.2 Å². The molecule has 0 aliphatic carbocycles. The lowest BCUT2D eigenvalue weighted by atomic mass is 10.1. The van der Waals surface area contributed by atoms with Crippen molar-refractivity contribution in [3.63, 3.8) is 0 Å². The fraction of sp³-hybridized carbons (Fsp3) is 0.227. The van der Waals surface area contributed by atoms with Crippen LogP contribution in [0.2, 0.25) is 0 Å². The van der Waals surface area contributed by atoms with Gasteiger partial charge in [0.05, 0.1) is 12.2 Å². The summed E-state index contributed by atoms with van der Waals surface area (Å²) in [5.74, 6) is 1.41. The fourth-order valence-corrected chi connectivity index (χ4v) is 2.72. The first kappa shape index (κ1) is 20.7. The lowest BCUT2D eigenvalue weighted by Gasteiger charge is -2.07. The fourth-order valence-electron chi connectivity index (χ4n) is 2.72. The molecular weight excluding hydrogens is 383 g/mol. The SMILES string of the molecule is CC(=CCO)c1cccc(OCc2nc(-c3ccc(C(F)(F)F)cc3)oc2C)c1. The van der Waals surface area contributed by atoms with Gasteiger partial charge in [0.1, 0.15) is 23.8 Å². The molecule has 0 aliphatic heterocycles. The number of aliphatic hydroxyl groups excluding tert-OH is 1. The Balaban J connectivity index is 1.73. The van der Waals surface area contributed by atoms with Gasteiger partial charge >= 0.3 is 6.18 Å². The highest BCUT2D eigenvalue weighted by Crippen LogP contribution is 2.31. The van der Waals surface area contributed by atoms with Crippen LogP contribution in [0.15, 0.2) is 59.0 Å². The quantitative estimate of drug-likeness (QED) is 0.578. The number of hydrogen-bond acceptors (Lipinski definition) is 4. The molecule has 0 saturated heterocycles. The maximum Gasteiger partial charge on any atom is 0.416 e. The number of oxazole rings is 1. The Morgan fingerprint density at radius 3 is 2.55 bits per heavy atom. The van der Waals surface area contributed by atoms with Crippen molar-refractivity contribution in [1.29, 1.82) is 0 Å². The van der Waals surface area contributed by atoms with Crippen LogP contribution in [-0.2, 0) is 12.8 Å². The maximum absolute atomic E-state index is 12.7. The zero-order chi connectivity index (χ0) is 21.0. The monoisotopic (exact) mass is 403 g/mol. The van der Waals surface area contributed by atoms with Gasteiger partial charge in [0.15, 0.2) is 0 Å². The number of aryl methyl sites for hydroxylation is 1. The van der Waals surface area contributed by atoms with Crippen LogP contribution >= 0.6 is 0 Å². The number of aliphatic hydroxyl groups is 1. The molecule has 0 fully saturated rings. The van der Waals surface area contributed by atoms with Gasteiger partial charge in [-0.25, -0.2) is 4.98 Å². The molecule has 4 nitrogen and oxygen atoms in total. The number of halogens is 3. The molecule has 2 aromatic carbocycles. The minimum atomic E-state index is -4.39. The van der Waals surface area contributed by atoms with Gasteiger partial charge in [-0.1, -0.05) is 18.2 Å². The molecule has 29 heavy (non-hydrogen) atoms. The first-order valence-corrected chi connectivity index (χ1v) is 8.92. The van der Waals surface area contributed by atoms with Crippen LogP contribution in [0.3, 0.4) is 0 Å². The van der Waals surface area contributed by atoms with Crippen LogP contribution in [0.1, 0.15) is 29.5 Å². The Hall–Kier alpha value is -3.06. The zero-order valence-electron chi connectivity index (χ0n) is 16.0. The van der Waals surface area contributed by atoms with E-state index in [9.17, 15) is 13.2 Å². The number of alkyl halides is 3. The van der Waals surface area contributed by atoms with Crippen molar-refractivity contribution in [2.24, 2.45) is 0 Å². The number of allylic oxidation sites excluding steroid dienone is 1. The Morgan fingerprint density at radius 2 is 1.90 bits per heavy atom. The average molecular weight is 403 g/mol. The first-order chi connectivity index (χ1) is 13.8. The average Bonchev–Trinajstić information content (AvgIpc) is 3.07. The smallest absolute Gasteiger partial charge is 0.416 e. The second-order valence-electron chi connectivity index (χ2n) is 6.48. The van der Waals surface area contributed by atoms with Crippen molar-refractivity contribution < 1.29 is 27.4 Å². The van der Waals surface area contributed by atoms with Gasteiger partial charge in [0, 0.05) is 5.56 Å². The summed E-state index contributed by atoms with van der Waals surface area (Å²) >= 11 is 0. The van der Waals surface area contributed by atoms with E-state index >= 15 is 0 Å². The molecule has 3 rings (SSSR count). The normalized spacial score (nSPS) is 12.3. The third-order valence-corrected chi connectivity index (χ3v) is 4.41. The number of hydrogen-bond donors (Lipinski definition) is 1. The number of ether oxygens (including phenoxy) is 1. The van der Waals surface area contributed by atoms with Gasteiger partial charge in [-0.15, -0.1) is 0 Å². The molecule has 0 bridgehead atoms. The maximum atomic E-state index is 12.7. The summed E-state index contributed by atoms with van der Waals surface area (Å²) in [7, 11) is 0. The third kappa shape index (κ3) is 5.06. The van der Waals surface area contributed by atoms with E-state index in [4.69, 9.17) is 14.3 Å². The second kappa shape index (κ2) is 8.53. The molecule has 0 unspecified atom stereocenters. The molecule has 1 N–H and O–H groups in total. The Kier molecular flexibility index (Phi) is 6.08. The first-order valence-electron chi connectivity index (χ1n) is 8.92. The van der Waals surface area contributed by atoms with E-state index in [0.717, 1.165) is 23.3 Å². The molecule has 7 heteroatoms. The van der Waals surface area contributed by atoms with Crippen molar-refractivity contribution >= 4 is 5.57 Å². The number of benzene rings is 2. The number of aromatic nitrogens is 1. The van der Waals surface area contributed by atoms with E-state index in [-0.39, 0.29) is 19.1 Å². The van der Waals surface area contributed by atoms with Crippen LogP contribution < -0.4 is 4.74 Å². The van der Waals surface area contributed by atoms with Gasteiger partial charge in [0.25, 0.3) is 0 Å². The zero-order valence-corrected chi connectivity index (χ0v) is 16.0. The molecule has 152 valence electrons. The molecule has 0 amide bonds. The van der Waals surface area contributed by atoms with Gasteiger partial charge in [-0.3, -0.25) is 0 Å². The standard InChI is InChI=1S/C22H20F3NO3/c1-14(10-11-27)17-4-3-5-19(12-17)28-13-20-15(2)29-21(26-20)16-6-8-18(9-7-16)22(23,24)25/h3-10,12,27H,11,13H2,1-2H3. The van der Waals surface area contributed by atoms with Gasteiger partial charge in [0.2, 0.25) is 5.89 Å². The summed E-state index contributed by atoms with van der Waals surface area (Å²) in [5.41, 5.74) is 2.16. The molecule has 0 atom stereocenters. The van der Waals surface area contributed by atoms with Gasteiger partial charge < -0.3 is 14.3 Å². The van der Waals surface area contributed by atoms with E-state index in [1.165, 1.54) is 12.1 Å². The molecule has 1 aromatic heterocycles. The molecule has 3 aromatic rings. The van der Waals surface area contributed by atoms with E-state index in [1.54, 1.807) is 13.0 Å². The lowest BCUT2D eigenvalue weighted by molar-refractivity contribution is -0.137. The largest absolute Gasteiger partial charge is 0.487 e. The van der Waals surface area contributed by atoms with Crippen molar-refractivity contribution in [2.75, 3.05) is 6.61 Å². The van der Waals surface area contributed by atoms with E-state index in [0.29, 0.717) is 22.8 Å². The highest BCUT2D eigenvalue weighted by atomic mass is 19.4.